The molecule has 0 aromatic rings. The lowest BCUT2D eigenvalue weighted by molar-refractivity contribution is 0.103. The topological polar surface area (TPSA) is 18.5 Å². The highest BCUT2D eigenvalue weighted by atomic mass is 16.5. The van der Waals surface area contributed by atoms with E-state index in [4.69, 9.17) is 0 Å². The molecule has 0 spiro atoms. The Morgan fingerprint density at radius 2 is 0.867 bits per heavy atom. The summed E-state index contributed by atoms with van der Waals surface area (Å²) in [7, 11) is 3.30. The molecule has 15 heavy (non-hydrogen) atoms. The Balaban J connectivity index is -0.0000000581. The van der Waals surface area contributed by atoms with Crippen LogP contribution in [-0.2, 0) is 9.47 Å². The average molecular weight is 216 g/mol. The van der Waals surface area contributed by atoms with Gasteiger partial charge in [0, 0.05) is 14.2 Å². The van der Waals surface area contributed by atoms with Gasteiger partial charge in [0.15, 0.2) is 0 Å². The van der Waals surface area contributed by atoms with Crippen LogP contribution < -0.4 is 0 Å². The molecule has 0 aromatic heterocycles. The molecule has 0 amide bonds. The summed E-state index contributed by atoms with van der Waals surface area (Å²) in [5, 5.41) is 0. The second kappa shape index (κ2) is 51.4. The molecule has 0 atom stereocenters. The lowest BCUT2D eigenvalue weighted by Crippen LogP contribution is -1.96. The van der Waals surface area contributed by atoms with Crippen LogP contribution in [0.1, 0.15) is 20.8 Å². The quantitative estimate of drug-likeness (QED) is 0.527. The molecule has 0 bridgehead atoms. The zero-order valence-corrected chi connectivity index (χ0v) is 11.1. The predicted octanol–water partition coefficient (Wildman–Crippen LogP) is 3.86. The van der Waals surface area contributed by atoms with Crippen LogP contribution in [-0.4, -0.2) is 27.4 Å². The van der Waals surface area contributed by atoms with E-state index in [9.17, 15) is 0 Å². The first-order valence-electron chi connectivity index (χ1n) is 4.85. The minimum Gasteiger partial charge on any atom is -0.382 e. The Kier molecular flexibility index (Phi) is 81.3. The number of ether oxygens (including phenoxy) is 2. The first-order chi connectivity index (χ1) is 7.16. The van der Waals surface area contributed by atoms with Gasteiger partial charge in [-0.3, -0.25) is 0 Å². The molecule has 0 saturated heterocycles. The number of allylic oxidation sites excluding steroid dienone is 3. The van der Waals surface area contributed by atoms with Gasteiger partial charge < -0.3 is 9.47 Å². The van der Waals surface area contributed by atoms with Gasteiger partial charge in [-0.05, 0) is 20.8 Å². The monoisotopic (exact) mass is 216 g/mol. The number of hydrogen-bond donors (Lipinski definition) is 0. The molecule has 2 heteroatoms. The summed E-state index contributed by atoms with van der Waals surface area (Å²) in [6.45, 7) is 17.1. The van der Waals surface area contributed by atoms with Crippen molar-refractivity contribution >= 4 is 0 Å². The van der Waals surface area contributed by atoms with E-state index in [1.807, 2.05) is 20.8 Å². The normalized spacial score (nSPS) is 6.20. The van der Waals surface area contributed by atoms with E-state index in [0.29, 0.717) is 13.2 Å². The standard InChI is InChI=1S/C4H10O2.3C3H6/c1-5-3-4-6-2;3*1-3-2/h3-4H2,1-2H3;3*3H,1H2,2H3. The van der Waals surface area contributed by atoms with E-state index >= 15 is 0 Å². The van der Waals surface area contributed by atoms with Crippen LogP contribution in [0.3, 0.4) is 0 Å². The van der Waals surface area contributed by atoms with Gasteiger partial charge in [-0.25, -0.2) is 0 Å². The SMILES string of the molecule is C=CC.C=CC.C=CC.COCCOC. The maximum atomic E-state index is 4.66. The summed E-state index contributed by atoms with van der Waals surface area (Å²) in [6, 6.07) is 0. The number of rotatable bonds is 3. The van der Waals surface area contributed by atoms with Crippen molar-refractivity contribution in [3.05, 3.63) is 38.0 Å². The lowest BCUT2D eigenvalue weighted by Gasteiger charge is -1.91. The van der Waals surface area contributed by atoms with Crippen LogP contribution in [0.15, 0.2) is 38.0 Å². The second-order valence-corrected chi connectivity index (χ2v) is 2.21. The number of hydrogen-bond acceptors (Lipinski definition) is 2. The van der Waals surface area contributed by atoms with Crippen LogP contribution in [0.2, 0.25) is 0 Å². The first-order valence-corrected chi connectivity index (χ1v) is 4.85. The van der Waals surface area contributed by atoms with Crippen molar-refractivity contribution in [3.63, 3.8) is 0 Å². The van der Waals surface area contributed by atoms with Gasteiger partial charge in [0.2, 0.25) is 0 Å². The average Bonchev–Trinajstić information content (AvgIpc) is 2.18. The molecular formula is C13H28O2. The van der Waals surface area contributed by atoms with Crippen LogP contribution in [0.5, 0.6) is 0 Å². The van der Waals surface area contributed by atoms with Gasteiger partial charge in [0.05, 0.1) is 13.2 Å². The van der Waals surface area contributed by atoms with Gasteiger partial charge >= 0.3 is 0 Å². The van der Waals surface area contributed by atoms with Crippen molar-refractivity contribution in [1.82, 2.24) is 0 Å². The Morgan fingerprint density at radius 3 is 0.933 bits per heavy atom. The third-order valence-electron chi connectivity index (χ3n) is 0.492. The summed E-state index contributed by atoms with van der Waals surface area (Å²) in [6.07, 6.45) is 5.25. The van der Waals surface area contributed by atoms with Gasteiger partial charge in [-0.1, -0.05) is 18.2 Å². The largest absolute Gasteiger partial charge is 0.382 e. The van der Waals surface area contributed by atoms with E-state index in [1.165, 1.54) is 0 Å². The molecule has 2 nitrogen and oxygen atoms in total. The van der Waals surface area contributed by atoms with Gasteiger partial charge in [0.25, 0.3) is 0 Å². The minimum atomic E-state index is 0.691. The summed E-state index contributed by atoms with van der Waals surface area (Å²) < 4.78 is 9.31. The Morgan fingerprint density at radius 1 is 0.733 bits per heavy atom. The first kappa shape index (κ1) is 23.7. The van der Waals surface area contributed by atoms with E-state index in [1.54, 1.807) is 32.4 Å². The molecule has 0 rings (SSSR count). The molecule has 0 aliphatic carbocycles. The van der Waals surface area contributed by atoms with Gasteiger partial charge in [-0.15, -0.1) is 19.7 Å². The van der Waals surface area contributed by atoms with Crippen molar-refractivity contribution in [2.75, 3.05) is 27.4 Å². The molecule has 0 saturated carbocycles. The summed E-state index contributed by atoms with van der Waals surface area (Å²) in [5.41, 5.74) is 0. The fourth-order valence-corrected chi connectivity index (χ4v) is 0.167. The minimum absolute atomic E-state index is 0.691. The van der Waals surface area contributed by atoms with Gasteiger partial charge in [0.1, 0.15) is 0 Å². The zero-order valence-electron chi connectivity index (χ0n) is 11.1. The molecule has 0 N–H and O–H groups in total. The van der Waals surface area contributed by atoms with E-state index in [-0.39, 0.29) is 0 Å². The second-order valence-electron chi connectivity index (χ2n) is 2.21. The van der Waals surface area contributed by atoms with Crippen molar-refractivity contribution in [3.8, 4) is 0 Å². The Hall–Kier alpha value is -0.860. The van der Waals surface area contributed by atoms with Crippen molar-refractivity contribution < 1.29 is 9.47 Å². The highest BCUT2D eigenvalue weighted by molar-refractivity contribution is 4.52. The zero-order chi connectivity index (χ0) is 12.9. The van der Waals surface area contributed by atoms with Crippen LogP contribution in [0.4, 0.5) is 0 Å². The lowest BCUT2D eigenvalue weighted by atomic mass is 10.8. The third-order valence-corrected chi connectivity index (χ3v) is 0.492. The fraction of sp³-hybridized carbons (Fsp3) is 0.538. The van der Waals surface area contributed by atoms with Crippen LogP contribution in [0.25, 0.3) is 0 Å². The molecule has 0 aromatic carbocycles. The molecule has 0 aliphatic heterocycles. The maximum absolute atomic E-state index is 4.66. The van der Waals surface area contributed by atoms with Crippen molar-refractivity contribution in [2.45, 2.75) is 20.8 Å². The van der Waals surface area contributed by atoms with E-state index < -0.39 is 0 Å². The maximum Gasteiger partial charge on any atom is 0.0696 e. The molecular weight excluding hydrogens is 188 g/mol. The molecule has 92 valence electrons. The van der Waals surface area contributed by atoms with E-state index in [0.717, 1.165) is 0 Å². The van der Waals surface area contributed by atoms with Gasteiger partial charge in [-0.2, -0.15) is 0 Å². The van der Waals surface area contributed by atoms with Crippen molar-refractivity contribution in [1.29, 1.82) is 0 Å². The molecule has 0 radical (unpaired) electrons. The third kappa shape index (κ3) is 356. The summed E-state index contributed by atoms with van der Waals surface area (Å²) in [4.78, 5) is 0. The van der Waals surface area contributed by atoms with Crippen molar-refractivity contribution in [2.24, 2.45) is 0 Å². The molecule has 0 fully saturated rings. The van der Waals surface area contributed by atoms with Crippen LogP contribution >= 0.6 is 0 Å². The summed E-state index contributed by atoms with van der Waals surface area (Å²) in [5.74, 6) is 0. The Labute approximate surface area is 96.3 Å². The fourth-order valence-electron chi connectivity index (χ4n) is 0.167. The highest BCUT2D eigenvalue weighted by Gasteiger charge is 1.73. The predicted molar refractivity (Wildman–Crippen MR) is 71.4 cm³/mol. The Bertz CT molecular complexity index is 80.4. The smallest absolute Gasteiger partial charge is 0.0696 e. The van der Waals surface area contributed by atoms with E-state index in [2.05, 4.69) is 29.2 Å². The molecule has 0 unspecified atom stereocenters. The molecule has 0 heterocycles. The number of methoxy groups -OCH3 is 2. The summed E-state index contributed by atoms with van der Waals surface area (Å²) >= 11 is 0. The highest BCUT2D eigenvalue weighted by Crippen LogP contribution is 1.65. The molecule has 0 aliphatic rings. The van der Waals surface area contributed by atoms with Crippen LogP contribution in [0, 0.1) is 0 Å².